The highest BCUT2D eigenvalue weighted by molar-refractivity contribution is 5.86. The number of benzene rings is 1. The van der Waals surface area contributed by atoms with Gasteiger partial charge in [0, 0.05) is 11.3 Å². The van der Waals surface area contributed by atoms with E-state index in [1.54, 1.807) is 7.11 Å². The fourth-order valence-corrected chi connectivity index (χ4v) is 6.83. The fraction of sp³-hybridized carbons (Fsp3) is 0.625. The predicted octanol–water partition coefficient (Wildman–Crippen LogP) is 4.15. The molecular formula is C24H30O4. The maximum absolute atomic E-state index is 11.5. The summed E-state index contributed by atoms with van der Waals surface area (Å²) in [6.07, 6.45) is 7.57. The van der Waals surface area contributed by atoms with E-state index >= 15 is 0 Å². The number of hydrogen-bond acceptors (Lipinski definition) is 3. The lowest BCUT2D eigenvalue weighted by molar-refractivity contribution is -0.130. The van der Waals surface area contributed by atoms with Gasteiger partial charge in [0.2, 0.25) is 0 Å². The lowest BCUT2D eigenvalue weighted by Crippen LogP contribution is -2.52. The van der Waals surface area contributed by atoms with E-state index in [1.807, 2.05) is 0 Å². The van der Waals surface area contributed by atoms with Gasteiger partial charge in [0.05, 0.1) is 7.11 Å². The molecule has 0 aromatic heterocycles. The second-order valence-electron chi connectivity index (χ2n) is 8.88. The Morgan fingerprint density at radius 3 is 2.82 bits per heavy atom. The van der Waals surface area contributed by atoms with Crippen molar-refractivity contribution in [3.63, 3.8) is 0 Å². The van der Waals surface area contributed by atoms with Gasteiger partial charge in [-0.1, -0.05) is 25.3 Å². The third-order valence-electron chi connectivity index (χ3n) is 7.85. The average molecular weight is 383 g/mol. The first kappa shape index (κ1) is 19.3. The van der Waals surface area contributed by atoms with Gasteiger partial charge in [-0.25, -0.2) is 4.79 Å². The minimum Gasteiger partial charge on any atom is -0.497 e. The fourth-order valence-electron chi connectivity index (χ4n) is 6.83. The molecule has 150 valence electrons. The number of hydrogen-bond donors (Lipinski definition) is 2. The molecule has 0 bridgehead atoms. The van der Waals surface area contributed by atoms with Crippen LogP contribution in [0.2, 0.25) is 0 Å². The van der Waals surface area contributed by atoms with Crippen molar-refractivity contribution >= 4 is 5.97 Å². The van der Waals surface area contributed by atoms with Crippen LogP contribution in [0.25, 0.3) is 0 Å². The van der Waals surface area contributed by atoms with Crippen LogP contribution in [0.5, 0.6) is 5.75 Å². The first-order valence-corrected chi connectivity index (χ1v) is 10.6. The van der Waals surface area contributed by atoms with Crippen molar-refractivity contribution in [1.82, 2.24) is 0 Å². The number of rotatable bonds is 3. The maximum Gasteiger partial charge on any atom is 0.382 e. The number of carboxylic acids is 1. The van der Waals surface area contributed by atoms with Crippen LogP contribution in [0.4, 0.5) is 0 Å². The van der Waals surface area contributed by atoms with E-state index in [0.717, 1.165) is 50.7 Å². The quantitative estimate of drug-likeness (QED) is 0.771. The van der Waals surface area contributed by atoms with Crippen molar-refractivity contribution in [3.05, 3.63) is 29.3 Å². The summed E-state index contributed by atoms with van der Waals surface area (Å²) in [5.74, 6) is 6.30. The van der Waals surface area contributed by atoms with Gasteiger partial charge in [-0.2, -0.15) is 0 Å². The first-order chi connectivity index (χ1) is 13.4. The molecule has 0 radical (unpaired) electrons. The van der Waals surface area contributed by atoms with Gasteiger partial charge in [0.15, 0.2) is 0 Å². The van der Waals surface area contributed by atoms with Crippen LogP contribution >= 0.6 is 0 Å². The molecule has 4 rings (SSSR count). The molecule has 2 fully saturated rings. The van der Waals surface area contributed by atoms with Gasteiger partial charge in [0.1, 0.15) is 11.4 Å². The van der Waals surface area contributed by atoms with Crippen LogP contribution in [-0.2, 0) is 11.2 Å². The highest BCUT2D eigenvalue weighted by Gasteiger charge is 2.63. The topological polar surface area (TPSA) is 66.8 Å². The van der Waals surface area contributed by atoms with Crippen molar-refractivity contribution < 1.29 is 19.7 Å². The standard InChI is InChI=1S/C24H30O4/c1-3-11-23-12-8-19-18-7-5-17(28-2)15-16(18)4-6-20(19)21(23)9-13-24(23,27)14-10-22(25)26/h5,7,15,19-21,27H,3-4,6,8-9,11-13H2,1-2H3,(H,25,26)/t19?,20?,21?,23?,24-/m1/s1. The van der Waals surface area contributed by atoms with Crippen LogP contribution in [0, 0.1) is 29.1 Å². The summed E-state index contributed by atoms with van der Waals surface area (Å²) in [5.41, 5.74) is 1.42. The zero-order valence-corrected chi connectivity index (χ0v) is 16.8. The van der Waals surface area contributed by atoms with Crippen molar-refractivity contribution in [2.24, 2.45) is 17.3 Å². The third kappa shape index (κ3) is 2.83. The van der Waals surface area contributed by atoms with E-state index < -0.39 is 11.6 Å². The van der Waals surface area contributed by atoms with Crippen LogP contribution in [0.1, 0.15) is 68.9 Å². The molecule has 1 aromatic carbocycles. The summed E-state index contributed by atoms with van der Waals surface area (Å²) in [7, 11) is 1.71. The number of carbonyl (C=O) groups is 1. The van der Waals surface area contributed by atoms with Gasteiger partial charge >= 0.3 is 5.97 Å². The Morgan fingerprint density at radius 1 is 1.29 bits per heavy atom. The molecule has 4 heteroatoms. The highest BCUT2D eigenvalue weighted by atomic mass is 16.5. The Bertz CT molecular complexity index is 835. The lowest BCUT2D eigenvalue weighted by Gasteiger charge is -2.54. The highest BCUT2D eigenvalue weighted by Crippen LogP contribution is 2.66. The molecule has 0 aliphatic heterocycles. The number of aliphatic hydroxyl groups is 1. The van der Waals surface area contributed by atoms with E-state index in [-0.39, 0.29) is 5.41 Å². The number of aryl methyl sites for hydroxylation is 1. The molecule has 1 aromatic rings. The van der Waals surface area contributed by atoms with E-state index in [0.29, 0.717) is 24.2 Å². The van der Waals surface area contributed by atoms with Crippen LogP contribution < -0.4 is 4.74 Å². The van der Waals surface area contributed by atoms with Crippen LogP contribution in [0.3, 0.4) is 0 Å². The number of fused-ring (bicyclic) bond motifs is 5. The van der Waals surface area contributed by atoms with Gasteiger partial charge in [-0.15, -0.1) is 0 Å². The largest absolute Gasteiger partial charge is 0.497 e. The number of ether oxygens (including phenoxy) is 1. The molecule has 28 heavy (non-hydrogen) atoms. The van der Waals surface area contributed by atoms with Crippen LogP contribution in [-0.4, -0.2) is 28.9 Å². The minimum absolute atomic E-state index is 0.269. The summed E-state index contributed by atoms with van der Waals surface area (Å²) in [4.78, 5) is 11.0. The molecule has 0 amide bonds. The number of aliphatic carboxylic acids is 1. The van der Waals surface area contributed by atoms with Crippen LogP contribution in [0.15, 0.2) is 18.2 Å². The third-order valence-corrected chi connectivity index (χ3v) is 7.85. The van der Waals surface area contributed by atoms with Crippen molar-refractivity contribution in [1.29, 1.82) is 0 Å². The second kappa shape index (κ2) is 7.12. The van der Waals surface area contributed by atoms with Gasteiger partial charge in [-0.05, 0) is 86.0 Å². The average Bonchev–Trinajstić information content (AvgIpc) is 2.99. The molecule has 3 aliphatic carbocycles. The Kier molecular flexibility index (Phi) is 4.91. The monoisotopic (exact) mass is 382 g/mol. The summed E-state index contributed by atoms with van der Waals surface area (Å²) < 4.78 is 5.41. The molecule has 4 nitrogen and oxygen atoms in total. The summed E-state index contributed by atoms with van der Waals surface area (Å²) in [5, 5.41) is 20.6. The minimum atomic E-state index is -1.17. The zero-order valence-electron chi connectivity index (χ0n) is 16.8. The molecule has 0 heterocycles. The van der Waals surface area contributed by atoms with E-state index in [1.165, 1.54) is 11.1 Å². The van der Waals surface area contributed by atoms with Gasteiger partial charge < -0.3 is 14.9 Å². The summed E-state index contributed by atoms with van der Waals surface area (Å²) in [6, 6.07) is 6.49. The Balaban J connectivity index is 1.70. The van der Waals surface area contributed by atoms with E-state index in [2.05, 4.69) is 37.0 Å². The molecule has 5 atom stereocenters. The van der Waals surface area contributed by atoms with Crippen molar-refractivity contribution in [2.75, 3.05) is 7.11 Å². The predicted molar refractivity (Wildman–Crippen MR) is 107 cm³/mol. The molecule has 4 unspecified atom stereocenters. The number of methoxy groups -OCH3 is 1. The van der Waals surface area contributed by atoms with Gasteiger partial charge in [0.25, 0.3) is 0 Å². The van der Waals surface area contributed by atoms with Crippen molar-refractivity contribution in [3.8, 4) is 17.6 Å². The Hall–Kier alpha value is -1.99. The van der Waals surface area contributed by atoms with Gasteiger partial charge in [-0.3, -0.25) is 0 Å². The first-order valence-electron chi connectivity index (χ1n) is 10.6. The normalized spacial score (nSPS) is 35.8. The molecule has 0 saturated heterocycles. The van der Waals surface area contributed by atoms with E-state index in [4.69, 9.17) is 9.84 Å². The molecule has 2 N–H and O–H groups in total. The summed E-state index contributed by atoms with van der Waals surface area (Å²) >= 11 is 0. The zero-order chi connectivity index (χ0) is 19.9. The smallest absolute Gasteiger partial charge is 0.382 e. The van der Waals surface area contributed by atoms with E-state index in [9.17, 15) is 9.90 Å². The Morgan fingerprint density at radius 2 is 2.11 bits per heavy atom. The number of carboxylic acid groups (broad SMARTS) is 1. The SMILES string of the molecule is CCCC12CCC3c4ccc(OC)cc4CCC3C1CC[C@@]2(O)C#CC(=O)O. The lowest BCUT2D eigenvalue weighted by atomic mass is 9.51. The van der Waals surface area contributed by atoms with Crippen molar-refractivity contribution in [2.45, 2.75) is 69.8 Å². The molecule has 3 aliphatic rings. The second-order valence-corrected chi connectivity index (χ2v) is 8.88. The summed E-state index contributed by atoms with van der Waals surface area (Å²) in [6.45, 7) is 2.16. The molecular weight excluding hydrogens is 352 g/mol. The Labute approximate surface area is 167 Å². The molecule has 0 spiro atoms. The maximum atomic E-state index is 11.5. The molecule has 2 saturated carbocycles.